The van der Waals surface area contributed by atoms with Crippen molar-refractivity contribution >= 4 is 12.0 Å². The largest absolute Gasteiger partial charge is 0.445 e. The number of carbonyl (C=O) groups excluding carboxylic acids is 2. The van der Waals surface area contributed by atoms with Crippen molar-refractivity contribution in [2.45, 2.75) is 58.1 Å². The first-order valence-corrected chi connectivity index (χ1v) is 12.2. The first-order chi connectivity index (χ1) is 16.5. The Morgan fingerprint density at radius 1 is 1.03 bits per heavy atom. The molecule has 1 aliphatic carbocycles. The van der Waals surface area contributed by atoms with Crippen LogP contribution in [0, 0.1) is 5.92 Å². The van der Waals surface area contributed by atoms with Gasteiger partial charge in [-0.05, 0) is 30.2 Å². The Bertz CT molecular complexity index is 1190. The molecule has 1 aliphatic heterocycles. The van der Waals surface area contributed by atoms with E-state index in [1.807, 2.05) is 60.7 Å². The van der Waals surface area contributed by atoms with Crippen molar-refractivity contribution in [3.63, 3.8) is 0 Å². The van der Waals surface area contributed by atoms with Gasteiger partial charge in [0.2, 0.25) is 0 Å². The number of rotatable bonds is 5. The number of amides is 1. The van der Waals surface area contributed by atoms with Crippen molar-refractivity contribution in [2.24, 2.45) is 5.92 Å². The summed E-state index contributed by atoms with van der Waals surface area (Å²) < 4.78 is 7.06. The number of hydrogen-bond acceptors (Lipinski definition) is 4. The van der Waals surface area contributed by atoms with Gasteiger partial charge < -0.3 is 4.74 Å². The van der Waals surface area contributed by atoms with Crippen molar-refractivity contribution in [3.05, 3.63) is 77.5 Å². The van der Waals surface area contributed by atoms with Crippen LogP contribution in [0.2, 0.25) is 0 Å². The number of ether oxygens (including phenoxy) is 1. The predicted octanol–water partition coefficient (Wildman–Crippen LogP) is 5.85. The molecule has 2 aliphatic rings. The van der Waals surface area contributed by atoms with Crippen LogP contribution in [0.25, 0.3) is 11.3 Å². The van der Waals surface area contributed by atoms with Gasteiger partial charge in [0.1, 0.15) is 12.6 Å². The van der Waals surface area contributed by atoms with E-state index in [1.54, 1.807) is 4.68 Å². The number of carbonyl (C=O) groups is 2. The fourth-order valence-electron chi connectivity index (χ4n) is 5.12. The molecule has 34 heavy (non-hydrogen) atoms. The summed E-state index contributed by atoms with van der Waals surface area (Å²) in [5, 5.41) is 4.88. The SMILES string of the molecule is CC(C)[C@@H]1CC[C@@H](C)c2c(-c3ccccc3)nn(C(=O)[C@@H]3CN3C(=O)OCc3ccccc3)c21. The van der Waals surface area contributed by atoms with E-state index < -0.39 is 12.1 Å². The van der Waals surface area contributed by atoms with Crippen LogP contribution in [-0.4, -0.2) is 39.3 Å². The smallest absolute Gasteiger partial charge is 0.410 e. The first-order valence-electron chi connectivity index (χ1n) is 12.2. The molecule has 6 nitrogen and oxygen atoms in total. The third kappa shape index (κ3) is 4.13. The maximum Gasteiger partial charge on any atom is 0.410 e. The van der Waals surface area contributed by atoms with Crippen LogP contribution >= 0.6 is 0 Å². The van der Waals surface area contributed by atoms with Gasteiger partial charge in [0.25, 0.3) is 5.91 Å². The van der Waals surface area contributed by atoms with E-state index in [2.05, 4.69) is 20.8 Å². The van der Waals surface area contributed by atoms with E-state index in [9.17, 15) is 9.59 Å². The molecule has 2 aromatic carbocycles. The molecule has 3 aromatic rings. The van der Waals surface area contributed by atoms with Crippen molar-refractivity contribution in [1.82, 2.24) is 14.7 Å². The van der Waals surface area contributed by atoms with Crippen molar-refractivity contribution in [2.75, 3.05) is 6.54 Å². The van der Waals surface area contributed by atoms with Crippen LogP contribution in [-0.2, 0) is 11.3 Å². The molecule has 1 fully saturated rings. The fourth-order valence-corrected chi connectivity index (χ4v) is 5.12. The van der Waals surface area contributed by atoms with Crippen LogP contribution < -0.4 is 0 Å². The molecule has 1 amide bonds. The maximum atomic E-state index is 13.6. The highest BCUT2D eigenvalue weighted by atomic mass is 16.6. The molecule has 6 heteroatoms. The highest BCUT2D eigenvalue weighted by Crippen LogP contribution is 2.46. The summed E-state index contributed by atoms with van der Waals surface area (Å²) in [5.41, 5.74) is 5.05. The number of nitrogens with zero attached hydrogens (tertiary/aromatic N) is 3. The Kier molecular flexibility index (Phi) is 5.98. The van der Waals surface area contributed by atoms with Crippen LogP contribution in [0.15, 0.2) is 60.7 Å². The lowest BCUT2D eigenvalue weighted by Gasteiger charge is -2.30. The summed E-state index contributed by atoms with van der Waals surface area (Å²) in [4.78, 5) is 27.7. The Labute approximate surface area is 200 Å². The molecule has 176 valence electrons. The summed E-state index contributed by atoms with van der Waals surface area (Å²) in [6.07, 6.45) is 1.66. The highest BCUT2D eigenvalue weighted by Gasteiger charge is 2.48. The molecule has 0 bridgehead atoms. The second-order valence-electron chi connectivity index (χ2n) is 9.80. The maximum absolute atomic E-state index is 13.6. The lowest BCUT2D eigenvalue weighted by Crippen LogP contribution is -2.29. The summed E-state index contributed by atoms with van der Waals surface area (Å²) in [7, 11) is 0. The molecule has 3 atom stereocenters. The van der Waals surface area contributed by atoms with Crippen LogP contribution in [0.5, 0.6) is 0 Å². The lowest BCUT2D eigenvalue weighted by atomic mass is 9.75. The monoisotopic (exact) mass is 457 g/mol. The van der Waals surface area contributed by atoms with Gasteiger partial charge in [0.05, 0.1) is 17.9 Å². The Morgan fingerprint density at radius 2 is 1.71 bits per heavy atom. The molecule has 5 rings (SSSR count). The zero-order valence-electron chi connectivity index (χ0n) is 20.0. The van der Waals surface area contributed by atoms with Gasteiger partial charge in [-0.3, -0.25) is 9.69 Å². The highest BCUT2D eigenvalue weighted by molar-refractivity contribution is 5.93. The Hall–Kier alpha value is -3.41. The zero-order valence-corrected chi connectivity index (χ0v) is 20.0. The van der Waals surface area contributed by atoms with Gasteiger partial charge in [0.15, 0.2) is 0 Å². The number of hydrogen-bond donors (Lipinski definition) is 0. The van der Waals surface area contributed by atoms with E-state index in [0.717, 1.165) is 35.4 Å². The van der Waals surface area contributed by atoms with E-state index >= 15 is 0 Å². The molecule has 0 saturated carbocycles. The summed E-state index contributed by atoms with van der Waals surface area (Å²) >= 11 is 0. The molecule has 0 spiro atoms. The van der Waals surface area contributed by atoms with E-state index in [1.165, 1.54) is 10.5 Å². The molecule has 0 N–H and O–H groups in total. The summed E-state index contributed by atoms with van der Waals surface area (Å²) in [5.74, 6) is 0.837. The Morgan fingerprint density at radius 3 is 2.38 bits per heavy atom. The van der Waals surface area contributed by atoms with Crippen molar-refractivity contribution in [1.29, 1.82) is 0 Å². The van der Waals surface area contributed by atoms with Gasteiger partial charge in [-0.2, -0.15) is 5.10 Å². The molecule has 2 heterocycles. The van der Waals surface area contributed by atoms with Gasteiger partial charge >= 0.3 is 6.09 Å². The van der Waals surface area contributed by atoms with E-state index in [0.29, 0.717) is 18.4 Å². The summed E-state index contributed by atoms with van der Waals surface area (Å²) in [6, 6.07) is 19.1. The minimum absolute atomic E-state index is 0.144. The van der Waals surface area contributed by atoms with Crippen molar-refractivity contribution in [3.8, 4) is 11.3 Å². The second-order valence-corrected chi connectivity index (χ2v) is 9.80. The van der Waals surface area contributed by atoms with E-state index in [4.69, 9.17) is 9.84 Å². The standard InChI is InChI=1S/C28H31N3O3/c1-18(2)22-15-14-19(3)24-25(21-12-8-5-9-13-21)29-31(26(22)24)27(32)23-16-30(23)28(33)34-17-20-10-6-4-7-11-20/h4-13,18-19,22-23H,14-17H2,1-3H3/t19-,22+,23+,30?/m1/s1. The molecule has 1 aromatic heterocycles. The van der Waals surface area contributed by atoms with Gasteiger partial charge in [-0.25, -0.2) is 9.48 Å². The van der Waals surface area contributed by atoms with Gasteiger partial charge in [0, 0.05) is 17.0 Å². The lowest BCUT2D eigenvalue weighted by molar-refractivity contribution is 0.0846. The average Bonchev–Trinajstić information content (AvgIpc) is 3.56. The normalized spacial score (nSPS) is 21.3. The van der Waals surface area contributed by atoms with E-state index in [-0.39, 0.29) is 18.4 Å². The van der Waals surface area contributed by atoms with Gasteiger partial charge in [-0.15, -0.1) is 0 Å². The average molecular weight is 458 g/mol. The van der Waals surface area contributed by atoms with Crippen LogP contribution in [0.3, 0.4) is 0 Å². The second kappa shape index (κ2) is 9.09. The first kappa shape index (κ1) is 22.4. The third-order valence-electron chi connectivity index (χ3n) is 7.11. The summed E-state index contributed by atoms with van der Waals surface area (Å²) in [6.45, 7) is 7.20. The van der Waals surface area contributed by atoms with Gasteiger partial charge in [-0.1, -0.05) is 81.4 Å². The predicted molar refractivity (Wildman–Crippen MR) is 131 cm³/mol. The molecular formula is C28H31N3O3. The Balaban J connectivity index is 1.42. The molecule has 0 radical (unpaired) electrons. The molecule has 0 unspecified atom stereocenters. The van der Waals surface area contributed by atoms with Crippen molar-refractivity contribution < 1.29 is 14.3 Å². The number of benzene rings is 2. The number of fused-ring (bicyclic) bond motifs is 1. The van der Waals surface area contributed by atoms with Crippen LogP contribution in [0.4, 0.5) is 4.79 Å². The quantitative estimate of drug-likeness (QED) is 0.451. The van der Waals surface area contributed by atoms with Crippen LogP contribution in [0.1, 0.15) is 67.1 Å². The minimum Gasteiger partial charge on any atom is -0.445 e. The zero-order chi connectivity index (χ0) is 23.8. The number of aromatic nitrogens is 2. The third-order valence-corrected chi connectivity index (χ3v) is 7.11. The molecule has 1 saturated heterocycles. The molecular weight excluding hydrogens is 426 g/mol. The fraction of sp³-hybridized carbons (Fsp3) is 0.393. The minimum atomic E-state index is -0.527. The topological polar surface area (TPSA) is 64.2 Å².